The molecule has 0 fully saturated rings. The maximum atomic E-state index is 12.1. The number of fused-ring (bicyclic) bond motifs is 1. The first-order chi connectivity index (χ1) is 14.7. The van der Waals surface area contributed by atoms with E-state index in [1.807, 2.05) is 54.6 Å². The highest BCUT2D eigenvalue weighted by atomic mass is 16.5. The second-order valence-electron chi connectivity index (χ2n) is 7.64. The van der Waals surface area contributed by atoms with Crippen molar-refractivity contribution >= 4 is 16.7 Å². The van der Waals surface area contributed by atoms with E-state index in [0.29, 0.717) is 24.7 Å². The number of hydrogen-bond donors (Lipinski definition) is 0. The van der Waals surface area contributed by atoms with E-state index in [1.165, 1.54) is 39.0 Å². The molecule has 0 unspecified atom stereocenters. The fourth-order valence-corrected chi connectivity index (χ4v) is 3.39. The summed E-state index contributed by atoms with van der Waals surface area (Å²) in [5.41, 5.74) is 2.17. The van der Waals surface area contributed by atoms with Crippen LogP contribution in [0.1, 0.15) is 68.4 Å². The van der Waals surface area contributed by atoms with Gasteiger partial charge in [-0.15, -0.1) is 0 Å². The fourth-order valence-electron chi connectivity index (χ4n) is 3.39. The molecule has 30 heavy (non-hydrogen) atoms. The second-order valence-corrected chi connectivity index (χ2v) is 7.64. The molecule has 4 nitrogen and oxygen atoms in total. The molecule has 4 heteroatoms. The molecular weight excluding hydrogens is 374 g/mol. The molecule has 3 rings (SSSR count). The van der Waals surface area contributed by atoms with Crippen LogP contribution in [0.4, 0.5) is 0 Å². The van der Waals surface area contributed by atoms with E-state index < -0.39 is 0 Å². The lowest BCUT2D eigenvalue weighted by molar-refractivity contribution is 0.100. The number of ketones is 1. The molecule has 0 atom stereocenters. The monoisotopic (exact) mass is 405 g/mol. The zero-order valence-corrected chi connectivity index (χ0v) is 18.0. The normalized spacial score (nSPS) is 10.9. The Balaban J connectivity index is 1.67. The summed E-state index contributed by atoms with van der Waals surface area (Å²) < 4.78 is 11.9. The fraction of sp³-hybridized carbons (Fsp3) is 0.385. The minimum Gasteiger partial charge on any atom is -0.494 e. The predicted molar refractivity (Wildman–Crippen MR) is 121 cm³/mol. The van der Waals surface area contributed by atoms with E-state index in [9.17, 15) is 4.79 Å². The van der Waals surface area contributed by atoms with Crippen LogP contribution in [0.15, 0.2) is 54.6 Å². The van der Waals surface area contributed by atoms with Crippen molar-refractivity contribution in [2.75, 3.05) is 6.61 Å². The average molecular weight is 406 g/mol. The van der Waals surface area contributed by atoms with Crippen LogP contribution in [0.2, 0.25) is 0 Å². The van der Waals surface area contributed by atoms with Crippen LogP contribution in [0.3, 0.4) is 0 Å². The van der Waals surface area contributed by atoms with Gasteiger partial charge in [-0.05, 0) is 36.2 Å². The molecule has 0 N–H and O–H groups in total. The van der Waals surface area contributed by atoms with Gasteiger partial charge >= 0.3 is 0 Å². The number of unbranched alkanes of at least 4 members (excludes halogenated alkanes) is 5. The molecule has 0 bridgehead atoms. The number of benzene rings is 2. The van der Waals surface area contributed by atoms with Crippen molar-refractivity contribution in [1.29, 1.82) is 0 Å². The number of carbonyl (C=O) groups is 1. The van der Waals surface area contributed by atoms with Crippen LogP contribution >= 0.6 is 0 Å². The largest absolute Gasteiger partial charge is 0.494 e. The van der Waals surface area contributed by atoms with Crippen molar-refractivity contribution in [2.45, 2.75) is 59.0 Å². The van der Waals surface area contributed by atoms with Gasteiger partial charge in [0.25, 0.3) is 0 Å². The minimum absolute atomic E-state index is 0.108. The highest BCUT2D eigenvalue weighted by molar-refractivity contribution is 5.98. The molecule has 0 saturated carbocycles. The number of aromatic nitrogens is 1. The Labute approximate surface area is 179 Å². The van der Waals surface area contributed by atoms with Gasteiger partial charge in [0.05, 0.1) is 12.1 Å². The summed E-state index contributed by atoms with van der Waals surface area (Å²) in [5, 5.41) is 0.906. The van der Waals surface area contributed by atoms with E-state index in [2.05, 4.69) is 11.9 Å². The smallest absolute Gasteiger partial charge is 0.181 e. The number of pyridine rings is 1. The van der Waals surface area contributed by atoms with Crippen LogP contribution in [0.5, 0.6) is 11.5 Å². The lowest BCUT2D eigenvalue weighted by Crippen LogP contribution is -2.05. The molecule has 3 aromatic rings. The highest BCUT2D eigenvalue weighted by Gasteiger charge is 2.13. The number of hydrogen-bond acceptors (Lipinski definition) is 4. The maximum absolute atomic E-state index is 12.1. The van der Waals surface area contributed by atoms with Crippen molar-refractivity contribution in [3.05, 3.63) is 65.9 Å². The molecule has 0 amide bonds. The quantitative estimate of drug-likeness (QED) is 0.247. The molecule has 0 saturated heterocycles. The predicted octanol–water partition coefficient (Wildman–Crippen LogP) is 6.76. The summed E-state index contributed by atoms with van der Waals surface area (Å²) >= 11 is 0. The summed E-state index contributed by atoms with van der Waals surface area (Å²) in [5.74, 6) is 1.22. The van der Waals surface area contributed by atoms with Crippen molar-refractivity contribution < 1.29 is 14.3 Å². The molecule has 0 aliphatic carbocycles. The Morgan fingerprint density at radius 1 is 0.900 bits per heavy atom. The Morgan fingerprint density at radius 3 is 2.43 bits per heavy atom. The molecular formula is C26H31NO3. The highest BCUT2D eigenvalue weighted by Crippen LogP contribution is 2.27. The van der Waals surface area contributed by atoms with Crippen LogP contribution < -0.4 is 9.47 Å². The molecule has 158 valence electrons. The third kappa shape index (κ3) is 6.31. The van der Waals surface area contributed by atoms with Gasteiger partial charge in [-0.3, -0.25) is 4.79 Å². The summed E-state index contributed by atoms with van der Waals surface area (Å²) in [7, 11) is 0. The van der Waals surface area contributed by atoms with Crippen LogP contribution in [0.25, 0.3) is 10.9 Å². The van der Waals surface area contributed by atoms with Gasteiger partial charge in [-0.1, -0.05) is 69.4 Å². The first-order valence-electron chi connectivity index (χ1n) is 10.9. The molecule has 1 heterocycles. The van der Waals surface area contributed by atoms with Gasteiger partial charge in [-0.25, -0.2) is 4.98 Å². The average Bonchev–Trinajstić information content (AvgIpc) is 2.77. The van der Waals surface area contributed by atoms with Crippen LogP contribution in [0, 0.1) is 0 Å². The van der Waals surface area contributed by atoms with Crippen molar-refractivity contribution in [1.82, 2.24) is 4.98 Å². The Bertz CT molecular complexity index is 953. The maximum Gasteiger partial charge on any atom is 0.181 e. The standard InChI is InChI=1S/C26H31NO3/c1-3-4-5-6-7-11-16-29-23-14-15-24-22(17-23)18-25(26(27-24)20(2)28)30-19-21-12-9-8-10-13-21/h8-10,12-15,17-18H,3-7,11,16,19H2,1-2H3. The van der Waals surface area contributed by atoms with E-state index in [1.54, 1.807) is 0 Å². The third-order valence-electron chi connectivity index (χ3n) is 5.09. The van der Waals surface area contributed by atoms with Crippen molar-refractivity contribution in [3.8, 4) is 11.5 Å². The lowest BCUT2D eigenvalue weighted by Gasteiger charge is -2.12. The first kappa shape index (κ1) is 21.8. The molecule has 0 radical (unpaired) electrons. The number of Topliss-reactive ketones (excluding diaryl/α,β-unsaturated/α-hetero) is 1. The van der Waals surface area contributed by atoms with E-state index in [4.69, 9.17) is 9.47 Å². The zero-order chi connectivity index (χ0) is 21.2. The Hall–Kier alpha value is -2.88. The van der Waals surface area contributed by atoms with Gasteiger partial charge in [0, 0.05) is 12.3 Å². The van der Waals surface area contributed by atoms with E-state index >= 15 is 0 Å². The second kappa shape index (κ2) is 11.3. The van der Waals surface area contributed by atoms with E-state index in [-0.39, 0.29) is 5.78 Å². The zero-order valence-electron chi connectivity index (χ0n) is 18.0. The first-order valence-corrected chi connectivity index (χ1v) is 10.9. The Kier molecular flexibility index (Phi) is 8.25. The Morgan fingerprint density at radius 2 is 1.67 bits per heavy atom. The molecule has 0 aliphatic rings. The third-order valence-corrected chi connectivity index (χ3v) is 5.09. The number of carbonyl (C=O) groups excluding carboxylic acids is 1. The molecule has 0 spiro atoms. The van der Waals surface area contributed by atoms with Crippen LogP contribution in [-0.2, 0) is 6.61 Å². The lowest BCUT2D eigenvalue weighted by atomic mass is 10.1. The summed E-state index contributed by atoms with van der Waals surface area (Å²) in [4.78, 5) is 16.6. The van der Waals surface area contributed by atoms with Crippen molar-refractivity contribution in [2.24, 2.45) is 0 Å². The van der Waals surface area contributed by atoms with Gasteiger partial charge in [-0.2, -0.15) is 0 Å². The van der Waals surface area contributed by atoms with Gasteiger partial charge in [0.15, 0.2) is 5.78 Å². The van der Waals surface area contributed by atoms with Crippen LogP contribution in [-0.4, -0.2) is 17.4 Å². The summed E-state index contributed by atoms with van der Waals surface area (Å²) in [6, 6.07) is 17.6. The number of ether oxygens (including phenoxy) is 2. The minimum atomic E-state index is -0.108. The summed E-state index contributed by atoms with van der Waals surface area (Å²) in [6.45, 7) is 4.85. The van der Waals surface area contributed by atoms with Gasteiger partial charge < -0.3 is 9.47 Å². The SMILES string of the molecule is CCCCCCCCOc1ccc2nc(C(C)=O)c(OCc3ccccc3)cc2c1. The molecule has 1 aromatic heterocycles. The number of nitrogens with zero attached hydrogens (tertiary/aromatic N) is 1. The topological polar surface area (TPSA) is 48.4 Å². The molecule has 2 aromatic carbocycles. The summed E-state index contributed by atoms with van der Waals surface area (Å²) in [6.07, 6.45) is 7.43. The van der Waals surface area contributed by atoms with Gasteiger partial charge in [0.2, 0.25) is 0 Å². The van der Waals surface area contributed by atoms with Gasteiger partial charge in [0.1, 0.15) is 23.8 Å². The van der Waals surface area contributed by atoms with Crippen molar-refractivity contribution in [3.63, 3.8) is 0 Å². The number of rotatable bonds is 12. The molecule has 0 aliphatic heterocycles. The van der Waals surface area contributed by atoms with E-state index in [0.717, 1.165) is 28.6 Å².